The smallest absolute Gasteiger partial charge is 0.264 e. The van der Waals surface area contributed by atoms with Crippen molar-refractivity contribution in [1.82, 2.24) is 9.99 Å². The van der Waals surface area contributed by atoms with Crippen molar-refractivity contribution < 1.29 is 17.9 Å². The number of carbonyl (C=O) groups excluding carboxylic acids is 1. The average molecular weight is 573 g/mol. The molecule has 0 unspecified atom stereocenters. The Labute approximate surface area is 242 Å². The van der Waals surface area contributed by atoms with Crippen LogP contribution in [0, 0.1) is 34.6 Å². The van der Waals surface area contributed by atoms with Gasteiger partial charge in [0.1, 0.15) is 12.3 Å². The Hall–Kier alpha value is -4.37. The highest BCUT2D eigenvalue weighted by atomic mass is 32.2. The SMILES string of the molecule is CCOc1ccc(S(=O)(=O)N(CC(=O)N/N=C\c2cc(C)n(-c3ccc(C)cc3C)c2C)c2ccc(C)cc2)cc1. The predicted molar refractivity (Wildman–Crippen MR) is 164 cm³/mol. The standard InChI is InChI=1S/C32H36N4O4S/c1-7-40-29-13-15-30(16-14-29)41(38,39)35(28-11-8-22(2)9-12-28)21-32(37)34-33-20-27-19-25(5)36(26(27)6)31-17-10-23(3)18-24(31)4/h8-20H,7,21H2,1-6H3,(H,34,37)/b33-20-. The number of rotatable bonds is 10. The maximum absolute atomic E-state index is 13.6. The quantitative estimate of drug-likeness (QED) is 0.193. The molecule has 214 valence electrons. The molecule has 1 N–H and O–H groups in total. The number of nitrogens with one attached hydrogen (secondary N) is 1. The minimum atomic E-state index is -4.06. The number of aryl methyl sites for hydroxylation is 4. The number of amides is 1. The molecule has 3 aromatic carbocycles. The van der Waals surface area contributed by atoms with Crippen molar-refractivity contribution in [3.05, 3.63) is 106 Å². The van der Waals surface area contributed by atoms with E-state index in [4.69, 9.17) is 4.74 Å². The number of hydrogen-bond acceptors (Lipinski definition) is 5. The molecule has 1 amide bonds. The fourth-order valence-corrected chi connectivity index (χ4v) is 6.13. The van der Waals surface area contributed by atoms with Gasteiger partial charge in [0.15, 0.2) is 0 Å². The second kappa shape index (κ2) is 12.4. The Kier molecular flexibility index (Phi) is 8.98. The van der Waals surface area contributed by atoms with Crippen molar-refractivity contribution in [1.29, 1.82) is 0 Å². The molecule has 0 bridgehead atoms. The van der Waals surface area contributed by atoms with Crippen LogP contribution in [0.4, 0.5) is 5.69 Å². The van der Waals surface area contributed by atoms with Gasteiger partial charge in [-0.15, -0.1) is 0 Å². The molecule has 0 saturated heterocycles. The zero-order chi connectivity index (χ0) is 29.7. The Bertz CT molecular complexity index is 1670. The Morgan fingerprint density at radius 1 is 0.927 bits per heavy atom. The van der Waals surface area contributed by atoms with Crippen LogP contribution in [0.15, 0.2) is 82.8 Å². The summed E-state index contributed by atoms with van der Waals surface area (Å²) in [5, 5.41) is 4.16. The Morgan fingerprint density at radius 2 is 1.59 bits per heavy atom. The van der Waals surface area contributed by atoms with E-state index in [1.54, 1.807) is 42.6 Å². The van der Waals surface area contributed by atoms with Gasteiger partial charge in [0, 0.05) is 22.6 Å². The zero-order valence-corrected chi connectivity index (χ0v) is 25.1. The summed E-state index contributed by atoms with van der Waals surface area (Å²) in [6.07, 6.45) is 1.58. The molecule has 0 saturated carbocycles. The fourth-order valence-electron chi connectivity index (χ4n) is 4.71. The molecule has 0 aliphatic heterocycles. The van der Waals surface area contributed by atoms with E-state index >= 15 is 0 Å². The number of hydrazone groups is 1. The van der Waals surface area contributed by atoms with Gasteiger partial charge in [-0.3, -0.25) is 9.10 Å². The maximum Gasteiger partial charge on any atom is 0.264 e. The van der Waals surface area contributed by atoms with Crippen LogP contribution in [0.25, 0.3) is 5.69 Å². The summed E-state index contributed by atoms with van der Waals surface area (Å²) in [4.78, 5) is 13.1. The van der Waals surface area contributed by atoms with E-state index in [-0.39, 0.29) is 4.90 Å². The number of sulfonamides is 1. The summed E-state index contributed by atoms with van der Waals surface area (Å²) in [5.74, 6) is -0.00293. The third-order valence-electron chi connectivity index (χ3n) is 6.79. The van der Waals surface area contributed by atoms with Gasteiger partial charge in [-0.1, -0.05) is 35.4 Å². The van der Waals surface area contributed by atoms with E-state index in [0.717, 1.165) is 38.1 Å². The van der Waals surface area contributed by atoms with Gasteiger partial charge in [0.25, 0.3) is 15.9 Å². The third-order valence-corrected chi connectivity index (χ3v) is 8.58. The van der Waals surface area contributed by atoms with Crippen LogP contribution in [0.1, 0.15) is 40.6 Å². The molecule has 0 radical (unpaired) electrons. The van der Waals surface area contributed by atoms with Crippen molar-refractivity contribution in [3.8, 4) is 11.4 Å². The Balaban J connectivity index is 1.55. The van der Waals surface area contributed by atoms with Crippen LogP contribution in [0.5, 0.6) is 5.75 Å². The number of benzene rings is 3. The van der Waals surface area contributed by atoms with Crippen LogP contribution in [0.2, 0.25) is 0 Å². The Morgan fingerprint density at radius 3 is 2.22 bits per heavy atom. The number of ether oxygens (including phenoxy) is 1. The molecule has 41 heavy (non-hydrogen) atoms. The third kappa shape index (κ3) is 6.69. The zero-order valence-electron chi connectivity index (χ0n) is 24.3. The predicted octanol–water partition coefficient (Wildman–Crippen LogP) is 5.76. The summed E-state index contributed by atoms with van der Waals surface area (Å²) in [5.41, 5.74) is 10.2. The molecular formula is C32H36N4O4S. The van der Waals surface area contributed by atoms with Crippen molar-refractivity contribution >= 4 is 27.8 Å². The highest BCUT2D eigenvalue weighted by molar-refractivity contribution is 7.92. The van der Waals surface area contributed by atoms with E-state index < -0.39 is 22.5 Å². The van der Waals surface area contributed by atoms with E-state index in [2.05, 4.69) is 47.1 Å². The largest absolute Gasteiger partial charge is 0.494 e. The molecule has 1 heterocycles. The molecule has 4 aromatic rings. The van der Waals surface area contributed by atoms with E-state index in [0.29, 0.717) is 18.0 Å². The van der Waals surface area contributed by atoms with Crippen molar-refractivity contribution in [2.24, 2.45) is 5.10 Å². The van der Waals surface area contributed by atoms with Gasteiger partial charge in [-0.2, -0.15) is 5.10 Å². The maximum atomic E-state index is 13.6. The van der Waals surface area contributed by atoms with E-state index in [9.17, 15) is 13.2 Å². The van der Waals surface area contributed by atoms with Gasteiger partial charge in [0.05, 0.1) is 23.4 Å². The monoisotopic (exact) mass is 572 g/mol. The molecule has 1 aromatic heterocycles. The van der Waals surface area contributed by atoms with Crippen LogP contribution in [-0.2, 0) is 14.8 Å². The summed E-state index contributed by atoms with van der Waals surface area (Å²) in [6, 6.07) is 21.4. The number of nitrogens with zero attached hydrogens (tertiary/aromatic N) is 3. The van der Waals surface area contributed by atoms with E-state index in [1.807, 2.05) is 33.8 Å². The van der Waals surface area contributed by atoms with Crippen molar-refractivity contribution in [3.63, 3.8) is 0 Å². The highest BCUT2D eigenvalue weighted by Gasteiger charge is 2.27. The molecular weight excluding hydrogens is 536 g/mol. The number of aromatic nitrogens is 1. The van der Waals surface area contributed by atoms with Crippen molar-refractivity contribution in [2.75, 3.05) is 17.5 Å². The lowest BCUT2D eigenvalue weighted by Crippen LogP contribution is -2.39. The normalized spacial score (nSPS) is 11.6. The first-order valence-electron chi connectivity index (χ1n) is 13.4. The van der Waals surface area contributed by atoms with Gasteiger partial charge in [0.2, 0.25) is 0 Å². The van der Waals surface area contributed by atoms with Crippen LogP contribution in [-0.4, -0.2) is 38.3 Å². The van der Waals surface area contributed by atoms with Crippen molar-refractivity contribution in [2.45, 2.75) is 46.4 Å². The lowest BCUT2D eigenvalue weighted by atomic mass is 10.1. The number of hydrogen-bond donors (Lipinski definition) is 1. The first kappa shape index (κ1) is 29.6. The van der Waals surface area contributed by atoms with Crippen LogP contribution >= 0.6 is 0 Å². The van der Waals surface area contributed by atoms with Gasteiger partial charge in [-0.25, -0.2) is 13.8 Å². The number of anilines is 1. The fraction of sp³-hybridized carbons (Fsp3) is 0.250. The highest BCUT2D eigenvalue weighted by Crippen LogP contribution is 2.26. The molecule has 0 spiro atoms. The van der Waals surface area contributed by atoms with Crippen LogP contribution in [0.3, 0.4) is 0 Å². The summed E-state index contributed by atoms with van der Waals surface area (Å²) in [7, 11) is -4.06. The lowest BCUT2D eigenvalue weighted by molar-refractivity contribution is -0.119. The molecule has 4 rings (SSSR count). The second-order valence-corrected chi connectivity index (χ2v) is 11.9. The summed E-state index contributed by atoms with van der Waals surface area (Å²) in [6.45, 7) is 12.0. The molecule has 0 atom stereocenters. The number of carbonyl (C=O) groups is 1. The topological polar surface area (TPSA) is 93.0 Å². The first-order chi connectivity index (χ1) is 19.5. The minimum absolute atomic E-state index is 0.0525. The molecule has 9 heteroatoms. The molecule has 0 aliphatic carbocycles. The second-order valence-electron chi connectivity index (χ2n) is 10.00. The van der Waals surface area contributed by atoms with Gasteiger partial charge >= 0.3 is 0 Å². The average Bonchev–Trinajstić information content (AvgIpc) is 3.21. The molecule has 0 fully saturated rings. The minimum Gasteiger partial charge on any atom is -0.494 e. The van der Waals surface area contributed by atoms with E-state index in [1.165, 1.54) is 17.7 Å². The molecule has 8 nitrogen and oxygen atoms in total. The summed E-state index contributed by atoms with van der Waals surface area (Å²) < 4.78 is 36.0. The summed E-state index contributed by atoms with van der Waals surface area (Å²) >= 11 is 0. The van der Waals surface area contributed by atoms with Gasteiger partial charge in [-0.05, 0) is 95.6 Å². The van der Waals surface area contributed by atoms with Crippen LogP contribution < -0.4 is 14.5 Å². The van der Waals surface area contributed by atoms with Gasteiger partial charge < -0.3 is 9.30 Å². The first-order valence-corrected chi connectivity index (χ1v) is 14.9. The lowest BCUT2D eigenvalue weighted by Gasteiger charge is -2.24. The molecule has 0 aliphatic rings.